The van der Waals surface area contributed by atoms with Gasteiger partial charge in [0.25, 0.3) is 5.91 Å². The number of Topliss-reactive ketones (excluding diaryl/α,β-unsaturated/α-hetero) is 1. The van der Waals surface area contributed by atoms with Crippen LogP contribution in [0.5, 0.6) is 5.75 Å². The molecule has 26 heavy (non-hydrogen) atoms. The molecule has 0 fully saturated rings. The molecule has 1 aliphatic heterocycles. The second kappa shape index (κ2) is 6.01. The molecule has 2 heterocycles. The number of ketones is 1. The Morgan fingerprint density at radius 1 is 1.27 bits per heavy atom. The normalized spacial score (nSPS) is 16.9. The Balaban J connectivity index is 1.76. The van der Waals surface area contributed by atoms with E-state index in [1.165, 1.54) is 0 Å². The molecule has 7 nitrogen and oxygen atoms in total. The second-order valence-corrected chi connectivity index (χ2v) is 6.00. The molecular weight excluding hydrogens is 332 g/mol. The monoisotopic (exact) mass is 346 g/mol. The van der Waals surface area contributed by atoms with Crippen molar-refractivity contribution in [3.8, 4) is 11.8 Å². The summed E-state index contributed by atoms with van der Waals surface area (Å²) in [4.78, 5) is 32.2. The lowest BCUT2D eigenvalue weighted by molar-refractivity contribution is -0.122. The number of H-pyrrole nitrogens is 1. The van der Waals surface area contributed by atoms with Crippen molar-refractivity contribution in [1.29, 1.82) is 5.26 Å². The van der Waals surface area contributed by atoms with E-state index >= 15 is 0 Å². The van der Waals surface area contributed by atoms with E-state index in [0.717, 1.165) is 5.52 Å². The van der Waals surface area contributed by atoms with Gasteiger partial charge in [-0.3, -0.25) is 9.59 Å². The molecule has 0 unspecified atom stereocenters. The number of carbonyl (C=O) groups excluding carboxylic acids is 2. The van der Waals surface area contributed by atoms with E-state index in [2.05, 4.69) is 15.3 Å². The van der Waals surface area contributed by atoms with Crippen LogP contribution in [0.1, 0.15) is 29.0 Å². The van der Waals surface area contributed by atoms with Gasteiger partial charge in [0.15, 0.2) is 23.6 Å². The molecule has 7 heteroatoms. The molecule has 0 saturated heterocycles. The van der Waals surface area contributed by atoms with Crippen molar-refractivity contribution in [2.24, 2.45) is 0 Å². The zero-order valence-corrected chi connectivity index (χ0v) is 13.8. The van der Waals surface area contributed by atoms with Crippen molar-refractivity contribution in [3.05, 3.63) is 53.9 Å². The highest BCUT2D eigenvalue weighted by atomic mass is 16.5. The van der Waals surface area contributed by atoms with Gasteiger partial charge in [0, 0.05) is 0 Å². The summed E-state index contributed by atoms with van der Waals surface area (Å²) in [5.41, 5.74) is 2.09. The summed E-state index contributed by atoms with van der Waals surface area (Å²) in [6.45, 7) is 1.60. The molecule has 4 rings (SSSR count). The molecule has 1 aliphatic rings. The Morgan fingerprint density at radius 2 is 2.08 bits per heavy atom. The highest BCUT2D eigenvalue weighted by Crippen LogP contribution is 2.35. The number of carbonyl (C=O) groups is 2. The summed E-state index contributed by atoms with van der Waals surface area (Å²) in [6.07, 6.45) is -0.719. The number of amides is 1. The molecule has 0 spiro atoms. The number of nitrogens with one attached hydrogen (secondary N) is 2. The smallest absolute Gasteiger partial charge is 0.265 e. The van der Waals surface area contributed by atoms with Crippen molar-refractivity contribution >= 4 is 28.4 Å². The van der Waals surface area contributed by atoms with E-state index in [9.17, 15) is 14.9 Å². The van der Waals surface area contributed by atoms with Gasteiger partial charge >= 0.3 is 0 Å². The fourth-order valence-electron chi connectivity index (χ4n) is 2.93. The van der Waals surface area contributed by atoms with Gasteiger partial charge in [-0.25, -0.2) is 4.98 Å². The van der Waals surface area contributed by atoms with E-state index in [4.69, 9.17) is 4.74 Å². The quantitative estimate of drug-likeness (QED) is 0.709. The number of rotatable bonds is 3. The van der Waals surface area contributed by atoms with Crippen LogP contribution in [0.15, 0.2) is 42.5 Å². The van der Waals surface area contributed by atoms with Crippen molar-refractivity contribution < 1.29 is 14.3 Å². The third-order valence-corrected chi connectivity index (χ3v) is 4.27. The number of para-hydroxylation sites is 3. The molecule has 128 valence electrons. The molecule has 2 aromatic carbocycles. The summed E-state index contributed by atoms with van der Waals surface area (Å²) in [5.74, 6) is -1.27. The molecule has 1 aromatic heterocycles. The number of nitrogens with zero attached hydrogens (tertiary/aromatic N) is 2. The third-order valence-electron chi connectivity index (χ3n) is 4.27. The van der Waals surface area contributed by atoms with Crippen LogP contribution < -0.4 is 10.1 Å². The molecule has 2 atom stereocenters. The predicted molar refractivity (Wildman–Crippen MR) is 93.9 cm³/mol. The first-order valence-corrected chi connectivity index (χ1v) is 8.07. The number of hydrogen-bond acceptors (Lipinski definition) is 5. The molecular formula is C19H14N4O3. The van der Waals surface area contributed by atoms with Gasteiger partial charge in [-0.2, -0.15) is 5.26 Å². The van der Waals surface area contributed by atoms with Gasteiger partial charge in [0.1, 0.15) is 5.82 Å². The summed E-state index contributed by atoms with van der Waals surface area (Å²) in [6, 6.07) is 14.2. The van der Waals surface area contributed by atoms with Crippen LogP contribution in [0.3, 0.4) is 0 Å². The van der Waals surface area contributed by atoms with Crippen molar-refractivity contribution in [2.75, 3.05) is 5.32 Å². The maximum Gasteiger partial charge on any atom is 0.265 e. The number of hydrogen-bond donors (Lipinski definition) is 2. The van der Waals surface area contributed by atoms with Gasteiger partial charge in [-0.1, -0.05) is 18.2 Å². The number of aromatic amines is 1. The molecule has 0 radical (unpaired) electrons. The van der Waals surface area contributed by atoms with Crippen LogP contribution in [0, 0.1) is 11.3 Å². The first kappa shape index (κ1) is 15.8. The summed E-state index contributed by atoms with van der Waals surface area (Å²) >= 11 is 0. The van der Waals surface area contributed by atoms with Gasteiger partial charge < -0.3 is 15.0 Å². The zero-order chi connectivity index (χ0) is 18.3. The molecule has 2 N–H and O–H groups in total. The maximum absolute atomic E-state index is 13.0. The summed E-state index contributed by atoms with van der Waals surface area (Å²) in [7, 11) is 0. The summed E-state index contributed by atoms with van der Waals surface area (Å²) in [5, 5.41) is 12.3. The lowest BCUT2D eigenvalue weighted by atomic mass is 9.96. The maximum atomic E-state index is 13.0. The third kappa shape index (κ3) is 2.48. The van der Waals surface area contributed by atoms with Crippen molar-refractivity contribution in [1.82, 2.24) is 9.97 Å². The molecule has 0 saturated carbocycles. The fourth-order valence-corrected chi connectivity index (χ4v) is 2.93. The van der Waals surface area contributed by atoms with E-state index in [0.29, 0.717) is 11.2 Å². The SMILES string of the molecule is C[C@@H]1Oc2c(cccc2C(=O)[C@H](C#N)c2nc3ccccc3[nH]2)NC1=O. The van der Waals surface area contributed by atoms with Gasteiger partial charge in [-0.05, 0) is 31.2 Å². The van der Waals surface area contributed by atoms with Crippen LogP contribution in [-0.4, -0.2) is 27.8 Å². The van der Waals surface area contributed by atoms with Crippen LogP contribution in [-0.2, 0) is 4.79 Å². The van der Waals surface area contributed by atoms with Gasteiger partial charge in [-0.15, -0.1) is 0 Å². The minimum atomic E-state index is -1.11. The van der Waals surface area contributed by atoms with Crippen LogP contribution in [0.2, 0.25) is 0 Å². The molecule has 0 bridgehead atoms. The van der Waals surface area contributed by atoms with Crippen LogP contribution in [0.4, 0.5) is 5.69 Å². The predicted octanol–water partition coefficient (Wildman–Crippen LogP) is 2.77. The topological polar surface area (TPSA) is 108 Å². The number of fused-ring (bicyclic) bond motifs is 2. The number of aromatic nitrogens is 2. The van der Waals surface area contributed by atoms with E-state index in [1.807, 2.05) is 24.3 Å². The van der Waals surface area contributed by atoms with Crippen LogP contribution >= 0.6 is 0 Å². The lowest BCUT2D eigenvalue weighted by Crippen LogP contribution is -2.35. The Labute approximate surface area is 148 Å². The second-order valence-electron chi connectivity index (χ2n) is 6.00. The number of nitriles is 1. The number of anilines is 1. The molecule has 3 aromatic rings. The van der Waals surface area contributed by atoms with E-state index in [1.54, 1.807) is 31.2 Å². The zero-order valence-electron chi connectivity index (χ0n) is 13.8. The Hall–Kier alpha value is -3.66. The summed E-state index contributed by atoms with van der Waals surface area (Å²) < 4.78 is 5.61. The van der Waals surface area contributed by atoms with Gasteiger partial charge in [0.05, 0.1) is 28.4 Å². The Kier molecular flexibility index (Phi) is 3.66. The Bertz CT molecular complexity index is 1050. The Morgan fingerprint density at radius 3 is 2.85 bits per heavy atom. The molecule has 0 aliphatic carbocycles. The number of benzene rings is 2. The highest BCUT2D eigenvalue weighted by Gasteiger charge is 2.32. The average molecular weight is 346 g/mol. The number of imidazole rings is 1. The first-order valence-electron chi connectivity index (χ1n) is 8.07. The van der Waals surface area contributed by atoms with Crippen LogP contribution in [0.25, 0.3) is 11.0 Å². The fraction of sp³-hybridized carbons (Fsp3) is 0.158. The lowest BCUT2D eigenvalue weighted by Gasteiger charge is -2.25. The largest absolute Gasteiger partial charge is 0.478 e. The van der Waals surface area contributed by atoms with Gasteiger partial charge in [0.2, 0.25) is 0 Å². The molecule has 1 amide bonds. The van der Waals surface area contributed by atoms with E-state index in [-0.39, 0.29) is 23.0 Å². The van der Waals surface area contributed by atoms with E-state index < -0.39 is 17.8 Å². The highest BCUT2D eigenvalue weighted by molar-refractivity contribution is 6.08. The van der Waals surface area contributed by atoms with Crippen molar-refractivity contribution in [3.63, 3.8) is 0 Å². The average Bonchev–Trinajstić information content (AvgIpc) is 3.06. The number of ether oxygens (including phenoxy) is 1. The first-order chi connectivity index (χ1) is 12.6. The standard InChI is InChI=1S/C19H14N4O3/c1-10-19(25)23-15-8-4-5-11(17(15)26-10)16(24)12(9-20)18-21-13-6-2-3-7-14(13)22-18/h2-8,10,12H,1H3,(H,21,22)(H,23,25)/t10-,12-/m0/s1. The minimum absolute atomic E-state index is 0.237. The van der Waals surface area contributed by atoms with Crippen molar-refractivity contribution in [2.45, 2.75) is 18.9 Å². The minimum Gasteiger partial charge on any atom is -0.478 e.